The number of hydrogen-bond donors (Lipinski definition) is 2. The first kappa shape index (κ1) is 14.0. The molecule has 0 bridgehead atoms. The summed E-state index contributed by atoms with van der Waals surface area (Å²) >= 11 is 0. The van der Waals surface area contributed by atoms with Gasteiger partial charge >= 0.3 is 5.97 Å². The van der Waals surface area contributed by atoms with E-state index in [1.54, 1.807) is 6.92 Å². The van der Waals surface area contributed by atoms with Crippen molar-refractivity contribution < 1.29 is 14.7 Å². The van der Waals surface area contributed by atoms with Gasteiger partial charge in [0.1, 0.15) is 5.54 Å². The summed E-state index contributed by atoms with van der Waals surface area (Å²) in [5.41, 5.74) is 4.46. The van der Waals surface area contributed by atoms with Crippen molar-refractivity contribution in [2.75, 3.05) is 13.1 Å². The molecule has 1 fully saturated rings. The molecule has 17 heavy (non-hydrogen) atoms. The summed E-state index contributed by atoms with van der Waals surface area (Å²) < 4.78 is 0. The molecule has 3 N–H and O–H groups in total. The van der Waals surface area contributed by atoms with Crippen molar-refractivity contribution in [1.29, 1.82) is 0 Å². The Balaban J connectivity index is 2.81. The number of hydrogen-bond acceptors (Lipinski definition) is 3. The zero-order chi connectivity index (χ0) is 13.1. The molecule has 98 valence electrons. The Morgan fingerprint density at radius 3 is 2.65 bits per heavy atom. The number of primary amides is 1. The van der Waals surface area contributed by atoms with E-state index in [0.717, 1.165) is 19.4 Å². The van der Waals surface area contributed by atoms with E-state index in [2.05, 4.69) is 0 Å². The van der Waals surface area contributed by atoms with Gasteiger partial charge in [0, 0.05) is 12.5 Å². The van der Waals surface area contributed by atoms with E-state index in [4.69, 9.17) is 5.73 Å². The molecular formula is C12H22N2O3. The summed E-state index contributed by atoms with van der Waals surface area (Å²) in [7, 11) is 0. The van der Waals surface area contributed by atoms with E-state index >= 15 is 0 Å². The van der Waals surface area contributed by atoms with Crippen LogP contribution in [0.5, 0.6) is 0 Å². The molecule has 1 rings (SSSR count). The summed E-state index contributed by atoms with van der Waals surface area (Å²) in [5, 5.41) is 9.46. The summed E-state index contributed by atoms with van der Waals surface area (Å²) in [6.45, 7) is 4.92. The number of nitrogens with two attached hydrogens (primary N) is 1. The molecule has 2 atom stereocenters. The molecule has 1 saturated heterocycles. The largest absolute Gasteiger partial charge is 0.480 e. The van der Waals surface area contributed by atoms with E-state index < -0.39 is 11.5 Å². The first-order valence-electron chi connectivity index (χ1n) is 6.22. The molecular weight excluding hydrogens is 220 g/mol. The second-order valence-corrected chi connectivity index (χ2v) is 4.94. The minimum absolute atomic E-state index is 0.302. The van der Waals surface area contributed by atoms with Gasteiger partial charge in [-0.15, -0.1) is 0 Å². The number of amides is 1. The standard InChI is InChI=1S/C12H22N2O3/c1-3-5-12(11(16)17)6-4-7-14(12)8-9(2)10(13)15/h9H,3-8H2,1-2H3,(H2,13,15)(H,16,17). The first-order chi connectivity index (χ1) is 7.94. The number of carbonyl (C=O) groups excluding carboxylic acids is 1. The number of carboxylic acids is 1. The zero-order valence-corrected chi connectivity index (χ0v) is 10.6. The van der Waals surface area contributed by atoms with Crippen LogP contribution in [0.4, 0.5) is 0 Å². The van der Waals surface area contributed by atoms with E-state index in [9.17, 15) is 14.7 Å². The van der Waals surface area contributed by atoms with Crippen LogP contribution in [0.3, 0.4) is 0 Å². The van der Waals surface area contributed by atoms with Gasteiger partial charge < -0.3 is 10.8 Å². The molecule has 1 heterocycles. The molecule has 5 nitrogen and oxygen atoms in total. The third-order valence-corrected chi connectivity index (χ3v) is 3.67. The third-order valence-electron chi connectivity index (χ3n) is 3.67. The Labute approximate surface area is 102 Å². The maximum absolute atomic E-state index is 11.5. The smallest absolute Gasteiger partial charge is 0.324 e. The van der Waals surface area contributed by atoms with Gasteiger partial charge in [-0.25, -0.2) is 0 Å². The topological polar surface area (TPSA) is 83.6 Å². The van der Waals surface area contributed by atoms with Crippen LogP contribution in [0.15, 0.2) is 0 Å². The number of nitrogens with zero attached hydrogens (tertiary/aromatic N) is 1. The van der Waals surface area contributed by atoms with Gasteiger partial charge in [0.2, 0.25) is 5.91 Å². The summed E-state index contributed by atoms with van der Waals surface area (Å²) in [6, 6.07) is 0. The van der Waals surface area contributed by atoms with Crippen molar-refractivity contribution in [3.05, 3.63) is 0 Å². The predicted molar refractivity (Wildman–Crippen MR) is 64.4 cm³/mol. The van der Waals surface area contributed by atoms with Crippen LogP contribution in [0, 0.1) is 5.92 Å². The van der Waals surface area contributed by atoms with Crippen LogP contribution in [0.1, 0.15) is 39.5 Å². The average molecular weight is 242 g/mol. The lowest BCUT2D eigenvalue weighted by atomic mass is 9.90. The number of rotatable bonds is 6. The van der Waals surface area contributed by atoms with Gasteiger partial charge in [0.05, 0.1) is 0 Å². The fourth-order valence-corrected chi connectivity index (χ4v) is 2.67. The highest BCUT2D eigenvalue weighted by Crippen LogP contribution is 2.34. The maximum atomic E-state index is 11.5. The summed E-state index contributed by atoms with van der Waals surface area (Å²) in [5.74, 6) is -1.44. The van der Waals surface area contributed by atoms with Gasteiger partial charge in [-0.1, -0.05) is 20.3 Å². The molecule has 1 aliphatic rings. The van der Waals surface area contributed by atoms with Crippen molar-refractivity contribution in [2.24, 2.45) is 11.7 Å². The molecule has 1 aliphatic heterocycles. The fourth-order valence-electron chi connectivity index (χ4n) is 2.67. The van der Waals surface area contributed by atoms with Crippen LogP contribution in [-0.2, 0) is 9.59 Å². The molecule has 0 aromatic heterocycles. The SMILES string of the molecule is CCCC1(C(=O)O)CCCN1CC(C)C(N)=O. The van der Waals surface area contributed by atoms with Gasteiger partial charge in [-0.2, -0.15) is 0 Å². The summed E-state index contributed by atoms with van der Waals surface area (Å²) in [4.78, 5) is 24.5. The van der Waals surface area contributed by atoms with Gasteiger partial charge in [0.15, 0.2) is 0 Å². The van der Waals surface area contributed by atoms with Crippen LogP contribution in [0.2, 0.25) is 0 Å². The van der Waals surface area contributed by atoms with Crippen molar-refractivity contribution in [1.82, 2.24) is 4.90 Å². The van der Waals surface area contributed by atoms with E-state index in [1.807, 2.05) is 11.8 Å². The molecule has 0 saturated carbocycles. The molecule has 2 unspecified atom stereocenters. The van der Waals surface area contributed by atoms with Crippen LogP contribution in [0.25, 0.3) is 0 Å². The maximum Gasteiger partial charge on any atom is 0.324 e. The zero-order valence-electron chi connectivity index (χ0n) is 10.6. The molecule has 0 aliphatic carbocycles. The predicted octanol–water partition coefficient (Wildman–Crippen LogP) is 0.827. The Hall–Kier alpha value is -1.10. The van der Waals surface area contributed by atoms with Crippen molar-refractivity contribution in [3.8, 4) is 0 Å². The molecule has 0 spiro atoms. The van der Waals surface area contributed by atoms with Crippen LogP contribution < -0.4 is 5.73 Å². The Morgan fingerprint density at radius 2 is 2.18 bits per heavy atom. The van der Waals surface area contributed by atoms with Crippen molar-refractivity contribution in [3.63, 3.8) is 0 Å². The van der Waals surface area contributed by atoms with Crippen molar-refractivity contribution in [2.45, 2.75) is 45.1 Å². The second-order valence-electron chi connectivity index (χ2n) is 4.94. The molecule has 0 aromatic rings. The van der Waals surface area contributed by atoms with Gasteiger partial charge in [-0.05, 0) is 25.8 Å². The number of likely N-dealkylation sites (tertiary alicyclic amines) is 1. The minimum Gasteiger partial charge on any atom is -0.480 e. The minimum atomic E-state index is -0.779. The monoisotopic (exact) mass is 242 g/mol. The van der Waals surface area contributed by atoms with Gasteiger partial charge in [0.25, 0.3) is 0 Å². The quantitative estimate of drug-likeness (QED) is 0.722. The number of aliphatic carboxylic acids is 1. The van der Waals surface area contributed by atoms with Crippen LogP contribution >= 0.6 is 0 Å². The molecule has 0 aromatic carbocycles. The van der Waals surface area contributed by atoms with E-state index in [1.165, 1.54) is 0 Å². The van der Waals surface area contributed by atoms with E-state index in [-0.39, 0.29) is 11.8 Å². The fraction of sp³-hybridized carbons (Fsp3) is 0.833. The second kappa shape index (κ2) is 5.49. The lowest BCUT2D eigenvalue weighted by Gasteiger charge is -2.35. The average Bonchev–Trinajstić information content (AvgIpc) is 2.63. The molecule has 5 heteroatoms. The third kappa shape index (κ3) is 2.77. The Bertz CT molecular complexity index is 306. The highest BCUT2D eigenvalue weighted by molar-refractivity contribution is 5.80. The number of carboxylic acid groups (broad SMARTS) is 1. The normalized spacial score (nSPS) is 26.9. The lowest BCUT2D eigenvalue weighted by molar-refractivity contribution is -0.151. The highest BCUT2D eigenvalue weighted by Gasteiger charge is 2.47. The molecule has 0 radical (unpaired) electrons. The molecule has 1 amide bonds. The Morgan fingerprint density at radius 1 is 1.53 bits per heavy atom. The van der Waals surface area contributed by atoms with Gasteiger partial charge in [-0.3, -0.25) is 14.5 Å². The number of carbonyl (C=O) groups is 2. The van der Waals surface area contributed by atoms with Crippen LogP contribution in [-0.4, -0.2) is 40.5 Å². The Kier molecular flexibility index (Phi) is 4.51. The lowest BCUT2D eigenvalue weighted by Crippen LogP contribution is -2.52. The van der Waals surface area contributed by atoms with Crippen molar-refractivity contribution >= 4 is 11.9 Å². The first-order valence-corrected chi connectivity index (χ1v) is 6.22. The van der Waals surface area contributed by atoms with E-state index in [0.29, 0.717) is 19.4 Å². The summed E-state index contributed by atoms with van der Waals surface area (Å²) in [6.07, 6.45) is 3.00. The highest BCUT2D eigenvalue weighted by atomic mass is 16.4.